The molecule has 6 nitrogen and oxygen atoms in total. The van der Waals surface area contributed by atoms with Gasteiger partial charge in [0, 0.05) is 24.5 Å². The van der Waals surface area contributed by atoms with Crippen molar-refractivity contribution in [3.05, 3.63) is 89.7 Å². The molecule has 2 aromatic carbocycles. The van der Waals surface area contributed by atoms with E-state index in [1.54, 1.807) is 55.7 Å². The molecule has 0 spiro atoms. The van der Waals surface area contributed by atoms with E-state index >= 15 is 0 Å². The van der Waals surface area contributed by atoms with Gasteiger partial charge in [0.15, 0.2) is 0 Å². The van der Waals surface area contributed by atoms with Gasteiger partial charge in [-0.05, 0) is 48.4 Å². The molecule has 3 rings (SSSR count). The summed E-state index contributed by atoms with van der Waals surface area (Å²) >= 11 is 0. The van der Waals surface area contributed by atoms with Crippen molar-refractivity contribution in [2.75, 3.05) is 4.72 Å². The number of sulfonamides is 1. The molecule has 7 heteroatoms. The van der Waals surface area contributed by atoms with E-state index < -0.39 is 10.0 Å². The van der Waals surface area contributed by atoms with Crippen molar-refractivity contribution in [2.24, 2.45) is 0 Å². The molecule has 0 atom stereocenters. The third-order valence-electron chi connectivity index (χ3n) is 3.97. The van der Waals surface area contributed by atoms with Crippen LogP contribution in [0.2, 0.25) is 0 Å². The van der Waals surface area contributed by atoms with E-state index in [1.165, 1.54) is 18.2 Å². The second-order valence-corrected chi connectivity index (χ2v) is 7.67. The first-order chi connectivity index (χ1) is 13.0. The maximum atomic E-state index is 12.5. The summed E-state index contributed by atoms with van der Waals surface area (Å²) < 4.78 is 27.6. The molecular weight excluding hydrogens is 362 g/mol. The largest absolute Gasteiger partial charge is 0.348 e. The molecule has 0 saturated carbocycles. The highest BCUT2D eigenvalue weighted by atomic mass is 32.2. The summed E-state index contributed by atoms with van der Waals surface area (Å²) in [7, 11) is -3.72. The third-order valence-corrected chi connectivity index (χ3v) is 5.35. The summed E-state index contributed by atoms with van der Waals surface area (Å²) in [5.74, 6) is -0.293. The Labute approximate surface area is 158 Å². The number of amides is 1. The lowest BCUT2D eigenvalue weighted by molar-refractivity contribution is 0.0951. The first-order valence-electron chi connectivity index (χ1n) is 8.31. The minimum absolute atomic E-state index is 0.163. The van der Waals surface area contributed by atoms with E-state index in [0.717, 1.165) is 11.1 Å². The van der Waals surface area contributed by atoms with Crippen molar-refractivity contribution < 1.29 is 13.2 Å². The predicted octanol–water partition coefficient (Wildman–Crippen LogP) is 3.12. The van der Waals surface area contributed by atoms with Crippen LogP contribution in [0.3, 0.4) is 0 Å². The molecule has 0 fully saturated rings. The van der Waals surface area contributed by atoms with Crippen molar-refractivity contribution in [1.82, 2.24) is 10.3 Å². The average molecular weight is 381 g/mol. The molecule has 0 aliphatic rings. The number of nitrogens with one attached hydrogen (secondary N) is 2. The molecule has 3 aromatic rings. The number of aromatic nitrogens is 1. The number of hydrogen-bond donors (Lipinski definition) is 2. The molecule has 1 aromatic heterocycles. The molecule has 27 heavy (non-hydrogen) atoms. The maximum absolute atomic E-state index is 12.5. The number of pyridine rings is 1. The van der Waals surface area contributed by atoms with Crippen molar-refractivity contribution in [1.29, 1.82) is 0 Å². The normalized spacial score (nSPS) is 11.0. The van der Waals surface area contributed by atoms with Crippen LogP contribution in [0.25, 0.3) is 0 Å². The Bertz CT molecular complexity index is 1040. The van der Waals surface area contributed by atoms with Gasteiger partial charge in [-0.3, -0.25) is 14.5 Å². The van der Waals surface area contributed by atoms with Crippen molar-refractivity contribution in [2.45, 2.75) is 18.4 Å². The van der Waals surface area contributed by atoms with E-state index in [2.05, 4.69) is 15.0 Å². The number of anilines is 1. The second kappa shape index (κ2) is 8.01. The Hall–Kier alpha value is -3.19. The standard InChI is InChI=1S/C20H19N3O3S/c1-15-9-10-17(20(24)22-14-16-6-5-11-21-13-16)12-19(15)23-27(25,26)18-7-3-2-4-8-18/h2-13,23H,14H2,1H3,(H,22,24). The van der Waals surface area contributed by atoms with Crippen LogP contribution in [-0.4, -0.2) is 19.3 Å². The fraction of sp³-hybridized carbons (Fsp3) is 0.100. The van der Waals surface area contributed by atoms with Gasteiger partial charge in [0.1, 0.15) is 0 Å². The molecule has 0 unspecified atom stereocenters. The molecule has 1 heterocycles. The van der Waals surface area contributed by atoms with E-state index in [4.69, 9.17) is 0 Å². The molecule has 0 aliphatic carbocycles. The Morgan fingerprint density at radius 2 is 1.81 bits per heavy atom. The molecule has 138 valence electrons. The summed E-state index contributed by atoms with van der Waals surface area (Å²) in [6, 6.07) is 16.7. The highest BCUT2D eigenvalue weighted by Crippen LogP contribution is 2.21. The van der Waals surface area contributed by atoms with Gasteiger partial charge in [-0.2, -0.15) is 0 Å². The zero-order valence-electron chi connectivity index (χ0n) is 14.7. The number of nitrogens with zero attached hydrogens (tertiary/aromatic N) is 1. The molecule has 0 bridgehead atoms. The van der Waals surface area contributed by atoms with Crippen LogP contribution < -0.4 is 10.0 Å². The quantitative estimate of drug-likeness (QED) is 0.687. The summed E-state index contributed by atoms with van der Waals surface area (Å²) in [5, 5.41) is 2.80. The van der Waals surface area contributed by atoms with E-state index in [1.807, 2.05) is 6.07 Å². The Kier molecular flexibility index (Phi) is 5.52. The van der Waals surface area contributed by atoms with Gasteiger partial charge < -0.3 is 5.32 Å². The SMILES string of the molecule is Cc1ccc(C(=O)NCc2cccnc2)cc1NS(=O)(=O)c1ccccc1. The lowest BCUT2D eigenvalue weighted by atomic mass is 10.1. The van der Waals surface area contributed by atoms with Gasteiger partial charge in [0.25, 0.3) is 15.9 Å². The van der Waals surface area contributed by atoms with Gasteiger partial charge in [-0.1, -0.05) is 30.3 Å². The number of rotatable bonds is 6. The Balaban J connectivity index is 1.77. The number of carbonyl (C=O) groups excluding carboxylic acids is 1. The van der Waals surface area contributed by atoms with Gasteiger partial charge in [-0.15, -0.1) is 0 Å². The van der Waals surface area contributed by atoms with Crippen molar-refractivity contribution in [3.63, 3.8) is 0 Å². The summed E-state index contributed by atoms with van der Waals surface area (Å²) in [6.45, 7) is 2.12. The first kappa shape index (κ1) is 18.6. The van der Waals surface area contributed by atoms with Gasteiger partial charge >= 0.3 is 0 Å². The van der Waals surface area contributed by atoms with Gasteiger partial charge in [0.05, 0.1) is 10.6 Å². The number of benzene rings is 2. The zero-order chi connectivity index (χ0) is 19.3. The summed E-state index contributed by atoms with van der Waals surface area (Å²) in [6.07, 6.45) is 3.34. The average Bonchev–Trinajstić information content (AvgIpc) is 2.69. The third kappa shape index (κ3) is 4.71. The monoisotopic (exact) mass is 381 g/mol. The van der Waals surface area contributed by atoms with Gasteiger partial charge in [-0.25, -0.2) is 8.42 Å². The van der Waals surface area contributed by atoms with Crippen LogP contribution in [-0.2, 0) is 16.6 Å². The Morgan fingerprint density at radius 3 is 2.52 bits per heavy atom. The van der Waals surface area contributed by atoms with Crippen molar-refractivity contribution in [3.8, 4) is 0 Å². The van der Waals surface area contributed by atoms with Crippen LogP contribution in [0, 0.1) is 6.92 Å². The van der Waals surface area contributed by atoms with Gasteiger partial charge in [0.2, 0.25) is 0 Å². The molecule has 0 radical (unpaired) electrons. The number of carbonyl (C=O) groups is 1. The molecule has 0 saturated heterocycles. The van der Waals surface area contributed by atoms with Crippen LogP contribution >= 0.6 is 0 Å². The highest BCUT2D eigenvalue weighted by molar-refractivity contribution is 7.92. The molecule has 2 N–H and O–H groups in total. The van der Waals surface area contributed by atoms with Crippen LogP contribution in [0.15, 0.2) is 78.0 Å². The Morgan fingerprint density at radius 1 is 1.04 bits per heavy atom. The minimum atomic E-state index is -3.72. The summed E-state index contributed by atoms with van der Waals surface area (Å²) in [5.41, 5.74) is 2.34. The highest BCUT2D eigenvalue weighted by Gasteiger charge is 2.16. The smallest absolute Gasteiger partial charge is 0.261 e. The van der Waals surface area contributed by atoms with E-state index in [9.17, 15) is 13.2 Å². The topological polar surface area (TPSA) is 88.2 Å². The van der Waals surface area contributed by atoms with Crippen LogP contribution in [0.1, 0.15) is 21.5 Å². The first-order valence-corrected chi connectivity index (χ1v) is 9.80. The fourth-order valence-corrected chi connectivity index (χ4v) is 3.61. The van der Waals surface area contributed by atoms with Crippen molar-refractivity contribution >= 4 is 21.6 Å². The number of hydrogen-bond acceptors (Lipinski definition) is 4. The lowest BCUT2D eigenvalue weighted by Crippen LogP contribution is -2.23. The minimum Gasteiger partial charge on any atom is -0.348 e. The van der Waals surface area contributed by atoms with E-state index in [0.29, 0.717) is 17.8 Å². The second-order valence-electron chi connectivity index (χ2n) is 5.99. The number of aryl methyl sites for hydroxylation is 1. The maximum Gasteiger partial charge on any atom is 0.261 e. The molecule has 1 amide bonds. The predicted molar refractivity (Wildman–Crippen MR) is 104 cm³/mol. The zero-order valence-corrected chi connectivity index (χ0v) is 15.5. The van der Waals surface area contributed by atoms with E-state index in [-0.39, 0.29) is 10.8 Å². The molecular formula is C20H19N3O3S. The van der Waals surface area contributed by atoms with Crippen LogP contribution in [0.5, 0.6) is 0 Å². The molecule has 0 aliphatic heterocycles. The fourth-order valence-electron chi connectivity index (χ4n) is 2.46. The summed E-state index contributed by atoms with van der Waals surface area (Å²) in [4.78, 5) is 16.6. The van der Waals surface area contributed by atoms with Crippen LogP contribution in [0.4, 0.5) is 5.69 Å². The lowest BCUT2D eigenvalue weighted by Gasteiger charge is -2.12.